The molecule has 0 unspecified atom stereocenters. The fourth-order valence-electron chi connectivity index (χ4n) is 2.53. The van der Waals surface area contributed by atoms with E-state index < -0.39 is 10.0 Å². The summed E-state index contributed by atoms with van der Waals surface area (Å²) in [5, 5.41) is 2.87. The predicted molar refractivity (Wildman–Crippen MR) is 71.5 cm³/mol. The van der Waals surface area contributed by atoms with E-state index in [9.17, 15) is 8.42 Å². The molecule has 0 aliphatic heterocycles. The highest BCUT2D eigenvalue weighted by Gasteiger charge is 2.23. The van der Waals surface area contributed by atoms with Crippen LogP contribution in [0.3, 0.4) is 0 Å². The molecule has 0 aromatic heterocycles. The van der Waals surface area contributed by atoms with Crippen molar-refractivity contribution in [2.45, 2.75) is 51.5 Å². The largest absolute Gasteiger partial charge is 0.319 e. The first kappa shape index (κ1) is 14.9. The molecule has 17 heavy (non-hydrogen) atoms. The van der Waals surface area contributed by atoms with Crippen LogP contribution in [-0.4, -0.2) is 33.8 Å². The fraction of sp³-hybridized carbons (Fsp3) is 1.00. The summed E-state index contributed by atoms with van der Waals surface area (Å²) in [5.74, 6) is 0.997. The Balaban J connectivity index is 2.30. The molecule has 2 N–H and O–H groups in total. The molecule has 1 aliphatic rings. The molecule has 1 saturated carbocycles. The first-order valence-corrected chi connectivity index (χ1v) is 8.37. The summed E-state index contributed by atoms with van der Waals surface area (Å²) >= 11 is 0. The van der Waals surface area contributed by atoms with Crippen molar-refractivity contribution in [2.24, 2.45) is 5.92 Å². The van der Waals surface area contributed by atoms with Crippen molar-refractivity contribution in [1.82, 2.24) is 10.0 Å². The van der Waals surface area contributed by atoms with Crippen LogP contribution in [0.5, 0.6) is 0 Å². The molecule has 0 saturated heterocycles. The van der Waals surface area contributed by atoms with E-state index in [4.69, 9.17) is 0 Å². The van der Waals surface area contributed by atoms with Gasteiger partial charge in [-0.25, -0.2) is 13.1 Å². The minimum Gasteiger partial charge on any atom is -0.319 e. The van der Waals surface area contributed by atoms with Gasteiger partial charge in [0.25, 0.3) is 0 Å². The standard InChI is InChI=1S/C12H26N2O2S/c1-3-4-11-5-7-12(8-6-11)14-17(15,16)10-9-13-2/h11-14H,3-10H2,1-2H3. The van der Waals surface area contributed by atoms with Gasteiger partial charge in [-0.15, -0.1) is 0 Å². The van der Waals surface area contributed by atoms with Crippen LogP contribution in [0, 0.1) is 5.92 Å². The maximum Gasteiger partial charge on any atom is 0.213 e. The lowest BCUT2D eigenvalue weighted by molar-refractivity contribution is 0.297. The van der Waals surface area contributed by atoms with Gasteiger partial charge < -0.3 is 5.32 Å². The van der Waals surface area contributed by atoms with Gasteiger partial charge in [-0.2, -0.15) is 0 Å². The lowest BCUT2D eigenvalue weighted by Gasteiger charge is -2.28. The van der Waals surface area contributed by atoms with E-state index in [-0.39, 0.29) is 11.8 Å². The zero-order valence-electron chi connectivity index (χ0n) is 11.0. The number of nitrogens with one attached hydrogen (secondary N) is 2. The second-order valence-corrected chi connectivity index (χ2v) is 6.92. The van der Waals surface area contributed by atoms with Gasteiger partial charge in [0.1, 0.15) is 0 Å². The first-order chi connectivity index (χ1) is 8.07. The Bertz CT molecular complexity index is 296. The molecule has 0 bridgehead atoms. The molecule has 0 atom stereocenters. The molecule has 1 rings (SSSR count). The number of rotatable bonds is 7. The predicted octanol–water partition coefficient (Wildman–Crippen LogP) is 1.48. The summed E-state index contributed by atoms with van der Waals surface area (Å²) in [4.78, 5) is 0. The smallest absolute Gasteiger partial charge is 0.213 e. The first-order valence-electron chi connectivity index (χ1n) is 6.72. The van der Waals surface area contributed by atoms with Crippen molar-refractivity contribution in [3.63, 3.8) is 0 Å². The van der Waals surface area contributed by atoms with Gasteiger partial charge in [-0.05, 0) is 38.6 Å². The second-order valence-electron chi connectivity index (χ2n) is 5.05. The van der Waals surface area contributed by atoms with Gasteiger partial charge in [0.15, 0.2) is 0 Å². The maximum atomic E-state index is 11.7. The van der Waals surface area contributed by atoms with E-state index in [1.54, 1.807) is 7.05 Å². The molecule has 4 nitrogen and oxygen atoms in total. The lowest BCUT2D eigenvalue weighted by Crippen LogP contribution is -2.40. The molecule has 1 fully saturated rings. The van der Waals surface area contributed by atoms with Crippen LogP contribution >= 0.6 is 0 Å². The summed E-state index contributed by atoms with van der Waals surface area (Å²) in [5.41, 5.74) is 0. The van der Waals surface area contributed by atoms with Crippen molar-refractivity contribution in [2.75, 3.05) is 19.3 Å². The molecule has 0 aromatic carbocycles. The summed E-state index contributed by atoms with van der Waals surface area (Å²) in [6.45, 7) is 2.73. The van der Waals surface area contributed by atoms with Crippen LogP contribution in [0.25, 0.3) is 0 Å². The Morgan fingerprint density at radius 3 is 2.35 bits per heavy atom. The zero-order chi connectivity index (χ0) is 12.7. The van der Waals surface area contributed by atoms with Crippen LogP contribution < -0.4 is 10.0 Å². The highest BCUT2D eigenvalue weighted by molar-refractivity contribution is 7.89. The van der Waals surface area contributed by atoms with E-state index >= 15 is 0 Å². The Labute approximate surface area is 106 Å². The quantitative estimate of drug-likeness (QED) is 0.731. The van der Waals surface area contributed by atoms with Crippen LogP contribution in [0.15, 0.2) is 0 Å². The molecule has 5 heteroatoms. The third kappa shape index (κ3) is 5.84. The SMILES string of the molecule is CCCC1CCC(NS(=O)(=O)CCNC)CC1. The van der Waals surface area contributed by atoms with Gasteiger partial charge in [0, 0.05) is 12.6 Å². The maximum absolute atomic E-state index is 11.7. The van der Waals surface area contributed by atoms with Gasteiger partial charge >= 0.3 is 0 Å². The third-order valence-electron chi connectivity index (χ3n) is 3.51. The van der Waals surface area contributed by atoms with Gasteiger partial charge in [-0.1, -0.05) is 19.8 Å². The molecule has 0 spiro atoms. The third-order valence-corrected chi connectivity index (χ3v) is 4.94. The molecule has 0 heterocycles. The highest BCUT2D eigenvalue weighted by atomic mass is 32.2. The topological polar surface area (TPSA) is 58.2 Å². The molecular weight excluding hydrogens is 236 g/mol. The lowest BCUT2D eigenvalue weighted by atomic mass is 9.84. The molecule has 1 aliphatic carbocycles. The van der Waals surface area contributed by atoms with E-state index in [0.29, 0.717) is 6.54 Å². The molecule has 0 aromatic rings. The highest BCUT2D eigenvalue weighted by Crippen LogP contribution is 2.27. The van der Waals surface area contributed by atoms with E-state index in [2.05, 4.69) is 17.0 Å². The normalized spacial score (nSPS) is 26.0. The fourth-order valence-corrected chi connectivity index (χ4v) is 3.86. The number of sulfonamides is 1. The summed E-state index contributed by atoms with van der Waals surface area (Å²) in [7, 11) is -1.32. The minimum absolute atomic E-state index is 0.171. The summed E-state index contributed by atoms with van der Waals surface area (Å²) < 4.78 is 26.3. The Morgan fingerprint density at radius 2 is 1.82 bits per heavy atom. The monoisotopic (exact) mass is 262 g/mol. The Morgan fingerprint density at radius 1 is 1.18 bits per heavy atom. The van der Waals surface area contributed by atoms with Crippen molar-refractivity contribution < 1.29 is 8.42 Å². The molecule has 102 valence electrons. The van der Waals surface area contributed by atoms with Crippen LogP contribution in [0.1, 0.15) is 45.4 Å². The van der Waals surface area contributed by atoms with E-state index in [0.717, 1.165) is 18.8 Å². The van der Waals surface area contributed by atoms with Gasteiger partial charge in [0.2, 0.25) is 10.0 Å². The van der Waals surface area contributed by atoms with Crippen molar-refractivity contribution in [1.29, 1.82) is 0 Å². The van der Waals surface area contributed by atoms with E-state index in [1.165, 1.54) is 25.7 Å². The molecular formula is C12H26N2O2S. The van der Waals surface area contributed by atoms with Crippen molar-refractivity contribution in [3.05, 3.63) is 0 Å². The van der Waals surface area contributed by atoms with Gasteiger partial charge in [-0.3, -0.25) is 0 Å². The number of hydrogen-bond acceptors (Lipinski definition) is 3. The van der Waals surface area contributed by atoms with Crippen molar-refractivity contribution >= 4 is 10.0 Å². The summed E-state index contributed by atoms with van der Waals surface area (Å²) in [6, 6.07) is 0.171. The Hall–Kier alpha value is -0.130. The molecule has 0 amide bonds. The van der Waals surface area contributed by atoms with Crippen molar-refractivity contribution in [3.8, 4) is 0 Å². The average Bonchev–Trinajstić information content (AvgIpc) is 2.29. The van der Waals surface area contributed by atoms with Gasteiger partial charge in [0.05, 0.1) is 5.75 Å². The average molecular weight is 262 g/mol. The zero-order valence-corrected chi connectivity index (χ0v) is 11.9. The molecule has 0 radical (unpaired) electrons. The second kappa shape index (κ2) is 7.34. The Kier molecular flexibility index (Phi) is 6.44. The number of hydrogen-bond donors (Lipinski definition) is 2. The summed E-state index contributed by atoms with van der Waals surface area (Å²) in [6.07, 6.45) is 6.88. The minimum atomic E-state index is -3.09. The van der Waals surface area contributed by atoms with Crippen LogP contribution in [0.4, 0.5) is 0 Å². The van der Waals surface area contributed by atoms with E-state index in [1.807, 2.05) is 0 Å². The van der Waals surface area contributed by atoms with Crippen LogP contribution in [0.2, 0.25) is 0 Å². The van der Waals surface area contributed by atoms with Crippen LogP contribution in [-0.2, 0) is 10.0 Å².